The summed E-state index contributed by atoms with van der Waals surface area (Å²) in [6.07, 6.45) is 2.38. The summed E-state index contributed by atoms with van der Waals surface area (Å²) in [5.41, 5.74) is 5.97. The number of nitrogens with two attached hydrogens (primary N) is 1. The molecule has 72 valence electrons. The molecule has 0 unspecified atom stereocenters. The van der Waals surface area contributed by atoms with E-state index in [4.69, 9.17) is 5.73 Å². The molecule has 0 bridgehead atoms. The lowest BCUT2D eigenvalue weighted by atomic mass is 10.2. The summed E-state index contributed by atoms with van der Waals surface area (Å²) in [4.78, 5) is 2.50. The number of hydrogen-bond acceptors (Lipinski definition) is 3. The van der Waals surface area contributed by atoms with Crippen molar-refractivity contribution in [1.29, 1.82) is 0 Å². The van der Waals surface area contributed by atoms with Gasteiger partial charge in [-0.2, -0.15) is 11.8 Å². The van der Waals surface area contributed by atoms with Crippen LogP contribution in [0.25, 0.3) is 0 Å². The number of rotatable bonds is 4. The largest absolute Gasteiger partial charge is 0.327 e. The van der Waals surface area contributed by atoms with E-state index >= 15 is 0 Å². The molecule has 1 fully saturated rings. The van der Waals surface area contributed by atoms with Crippen LogP contribution in [0.15, 0.2) is 0 Å². The van der Waals surface area contributed by atoms with Crippen molar-refractivity contribution >= 4 is 11.8 Å². The maximum Gasteiger partial charge on any atom is 0.0167 e. The SMILES string of the molecule is CCC[C@H](N)CN1CCSCC1. The number of thioether (sulfide) groups is 1. The van der Waals surface area contributed by atoms with Gasteiger partial charge in [0.25, 0.3) is 0 Å². The summed E-state index contributed by atoms with van der Waals surface area (Å²) in [7, 11) is 0. The zero-order chi connectivity index (χ0) is 8.81. The van der Waals surface area contributed by atoms with Gasteiger partial charge in [-0.15, -0.1) is 0 Å². The minimum atomic E-state index is 0.401. The van der Waals surface area contributed by atoms with Crippen LogP contribution < -0.4 is 5.73 Å². The van der Waals surface area contributed by atoms with E-state index in [-0.39, 0.29) is 0 Å². The van der Waals surface area contributed by atoms with Crippen LogP contribution in [0.3, 0.4) is 0 Å². The van der Waals surface area contributed by atoms with Crippen LogP contribution in [-0.2, 0) is 0 Å². The van der Waals surface area contributed by atoms with Crippen molar-refractivity contribution < 1.29 is 0 Å². The van der Waals surface area contributed by atoms with Gasteiger partial charge in [-0.05, 0) is 6.42 Å². The molecule has 1 heterocycles. The Balaban J connectivity index is 2.11. The highest BCUT2D eigenvalue weighted by Crippen LogP contribution is 2.09. The van der Waals surface area contributed by atoms with Crippen molar-refractivity contribution in [3.8, 4) is 0 Å². The Hall–Kier alpha value is 0.270. The van der Waals surface area contributed by atoms with E-state index in [1.54, 1.807) is 0 Å². The molecule has 0 aromatic carbocycles. The molecule has 2 nitrogen and oxygen atoms in total. The lowest BCUT2D eigenvalue weighted by Crippen LogP contribution is -2.41. The Kier molecular flexibility index (Phi) is 5.04. The molecule has 1 aliphatic rings. The van der Waals surface area contributed by atoms with Crippen LogP contribution in [0, 0.1) is 0 Å². The van der Waals surface area contributed by atoms with E-state index in [0.717, 1.165) is 6.54 Å². The molecule has 12 heavy (non-hydrogen) atoms. The van der Waals surface area contributed by atoms with Gasteiger partial charge in [0.1, 0.15) is 0 Å². The highest BCUT2D eigenvalue weighted by Gasteiger charge is 2.12. The van der Waals surface area contributed by atoms with E-state index in [1.807, 2.05) is 0 Å². The van der Waals surface area contributed by atoms with Crippen LogP contribution in [0.5, 0.6) is 0 Å². The molecule has 0 radical (unpaired) electrons. The maximum absolute atomic E-state index is 5.97. The van der Waals surface area contributed by atoms with Crippen LogP contribution in [0.4, 0.5) is 0 Å². The molecule has 1 atom stereocenters. The van der Waals surface area contributed by atoms with Gasteiger partial charge < -0.3 is 10.6 Å². The Morgan fingerprint density at radius 3 is 2.67 bits per heavy atom. The fourth-order valence-electron chi connectivity index (χ4n) is 1.58. The van der Waals surface area contributed by atoms with Gasteiger partial charge in [0, 0.05) is 37.2 Å². The first-order valence-corrected chi connectivity index (χ1v) is 6.04. The third kappa shape index (κ3) is 3.78. The molecule has 1 rings (SSSR count). The summed E-state index contributed by atoms with van der Waals surface area (Å²) in [6.45, 7) is 5.78. The second-order valence-electron chi connectivity index (χ2n) is 3.46. The molecule has 1 aliphatic heterocycles. The average molecular weight is 188 g/mol. The van der Waals surface area contributed by atoms with Gasteiger partial charge in [-0.3, -0.25) is 0 Å². The molecule has 0 aliphatic carbocycles. The third-order valence-corrected chi connectivity index (χ3v) is 3.20. The lowest BCUT2D eigenvalue weighted by Gasteiger charge is -2.28. The van der Waals surface area contributed by atoms with Crippen molar-refractivity contribution in [2.75, 3.05) is 31.1 Å². The second kappa shape index (κ2) is 5.84. The fraction of sp³-hybridized carbons (Fsp3) is 1.00. The molecule has 0 amide bonds. The van der Waals surface area contributed by atoms with Gasteiger partial charge >= 0.3 is 0 Å². The van der Waals surface area contributed by atoms with Gasteiger partial charge in [0.2, 0.25) is 0 Å². The van der Waals surface area contributed by atoms with Gasteiger partial charge in [-0.25, -0.2) is 0 Å². The first-order chi connectivity index (χ1) is 5.83. The summed E-state index contributed by atoms with van der Waals surface area (Å²) in [5, 5.41) is 0. The maximum atomic E-state index is 5.97. The first kappa shape index (κ1) is 10.4. The average Bonchev–Trinajstić information content (AvgIpc) is 2.06. The topological polar surface area (TPSA) is 29.3 Å². The highest BCUT2D eigenvalue weighted by atomic mass is 32.2. The Bertz CT molecular complexity index is 113. The van der Waals surface area contributed by atoms with Gasteiger partial charge in [0.15, 0.2) is 0 Å². The van der Waals surface area contributed by atoms with Crippen molar-refractivity contribution in [3.05, 3.63) is 0 Å². The standard InChI is InChI=1S/C9H20N2S/c1-2-3-9(10)8-11-4-6-12-7-5-11/h9H,2-8,10H2,1H3/t9-/m0/s1. The molecule has 1 saturated heterocycles. The first-order valence-electron chi connectivity index (χ1n) is 4.88. The smallest absolute Gasteiger partial charge is 0.0167 e. The quantitative estimate of drug-likeness (QED) is 0.718. The Morgan fingerprint density at radius 1 is 1.42 bits per heavy atom. The Morgan fingerprint density at radius 2 is 2.08 bits per heavy atom. The minimum Gasteiger partial charge on any atom is -0.327 e. The zero-order valence-electron chi connectivity index (χ0n) is 7.96. The molecule has 2 N–H and O–H groups in total. The molecule has 0 aromatic rings. The summed E-state index contributed by atoms with van der Waals surface area (Å²) in [5.74, 6) is 2.58. The normalized spacial score (nSPS) is 22.5. The van der Waals surface area contributed by atoms with Crippen LogP contribution in [0.2, 0.25) is 0 Å². The van der Waals surface area contributed by atoms with Crippen LogP contribution >= 0.6 is 11.8 Å². The predicted molar refractivity (Wildman–Crippen MR) is 56.6 cm³/mol. The van der Waals surface area contributed by atoms with Crippen LogP contribution in [0.1, 0.15) is 19.8 Å². The van der Waals surface area contributed by atoms with E-state index < -0.39 is 0 Å². The lowest BCUT2D eigenvalue weighted by molar-refractivity contribution is 0.276. The predicted octanol–water partition coefficient (Wildman–Crippen LogP) is 1.16. The number of nitrogens with zero attached hydrogens (tertiary/aromatic N) is 1. The van der Waals surface area contributed by atoms with E-state index in [9.17, 15) is 0 Å². The zero-order valence-corrected chi connectivity index (χ0v) is 8.78. The third-order valence-electron chi connectivity index (χ3n) is 2.26. The molecule has 0 saturated carbocycles. The second-order valence-corrected chi connectivity index (χ2v) is 4.69. The summed E-state index contributed by atoms with van der Waals surface area (Å²) in [6, 6.07) is 0.401. The molecule has 0 spiro atoms. The van der Waals surface area contributed by atoms with Crippen molar-refractivity contribution in [3.63, 3.8) is 0 Å². The molecule has 3 heteroatoms. The van der Waals surface area contributed by atoms with E-state index in [1.165, 1.54) is 37.4 Å². The minimum absolute atomic E-state index is 0.401. The highest BCUT2D eigenvalue weighted by molar-refractivity contribution is 7.99. The van der Waals surface area contributed by atoms with Crippen molar-refractivity contribution in [2.45, 2.75) is 25.8 Å². The van der Waals surface area contributed by atoms with Gasteiger partial charge in [-0.1, -0.05) is 13.3 Å². The monoisotopic (exact) mass is 188 g/mol. The summed E-state index contributed by atoms with van der Waals surface area (Å²) >= 11 is 2.06. The molecular weight excluding hydrogens is 168 g/mol. The summed E-state index contributed by atoms with van der Waals surface area (Å²) < 4.78 is 0. The molecule has 0 aromatic heterocycles. The van der Waals surface area contributed by atoms with E-state index in [0.29, 0.717) is 6.04 Å². The van der Waals surface area contributed by atoms with E-state index in [2.05, 4.69) is 23.6 Å². The fourth-order valence-corrected chi connectivity index (χ4v) is 2.56. The number of hydrogen-bond donors (Lipinski definition) is 1. The Labute approximate surface area is 79.9 Å². The van der Waals surface area contributed by atoms with Crippen molar-refractivity contribution in [2.24, 2.45) is 5.73 Å². The van der Waals surface area contributed by atoms with Crippen molar-refractivity contribution in [1.82, 2.24) is 4.90 Å². The molecular formula is C9H20N2S. The van der Waals surface area contributed by atoms with Gasteiger partial charge in [0.05, 0.1) is 0 Å². The van der Waals surface area contributed by atoms with Crippen LogP contribution in [-0.4, -0.2) is 42.1 Å².